The monoisotopic (exact) mass is 247 g/mol. The van der Waals surface area contributed by atoms with Crippen molar-refractivity contribution in [2.24, 2.45) is 0 Å². The summed E-state index contributed by atoms with van der Waals surface area (Å²) in [6.07, 6.45) is -4.27. The van der Waals surface area contributed by atoms with Crippen molar-refractivity contribution in [3.8, 4) is 0 Å². The SMILES string of the molecule is CC(CS(C)=O)NC(=O)OCC(F)(F)F. The molecule has 4 nitrogen and oxygen atoms in total. The van der Waals surface area contributed by atoms with Gasteiger partial charge in [-0.15, -0.1) is 0 Å². The fraction of sp³-hybridized carbons (Fsp3) is 0.857. The number of rotatable bonds is 4. The van der Waals surface area contributed by atoms with E-state index in [1.807, 2.05) is 0 Å². The molecular formula is C7H12F3NO3S. The number of ether oxygens (including phenoxy) is 1. The first-order valence-corrected chi connectivity index (χ1v) is 5.73. The number of carbonyl (C=O) groups is 1. The van der Waals surface area contributed by atoms with Gasteiger partial charge in [0.2, 0.25) is 0 Å². The molecule has 0 saturated carbocycles. The van der Waals surface area contributed by atoms with Gasteiger partial charge in [-0.1, -0.05) is 0 Å². The van der Waals surface area contributed by atoms with Gasteiger partial charge >= 0.3 is 12.3 Å². The number of hydrogen-bond acceptors (Lipinski definition) is 3. The van der Waals surface area contributed by atoms with Crippen molar-refractivity contribution in [1.29, 1.82) is 0 Å². The van der Waals surface area contributed by atoms with Crippen molar-refractivity contribution in [2.75, 3.05) is 18.6 Å². The summed E-state index contributed by atoms with van der Waals surface area (Å²) in [6, 6.07) is -0.489. The standard InChI is InChI=1S/C7H12F3NO3S/c1-5(3-15(2)13)11-6(12)14-4-7(8,9)10/h5H,3-4H2,1-2H3,(H,11,12). The molecule has 8 heteroatoms. The minimum absolute atomic E-state index is 0.168. The number of hydrogen-bond donors (Lipinski definition) is 1. The molecule has 0 spiro atoms. The van der Waals surface area contributed by atoms with Gasteiger partial charge in [0.1, 0.15) is 0 Å². The van der Waals surface area contributed by atoms with Gasteiger partial charge < -0.3 is 10.1 Å². The zero-order valence-electron chi connectivity index (χ0n) is 8.26. The Balaban J connectivity index is 3.79. The van der Waals surface area contributed by atoms with Crippen LogP contribution in [0.5, 0.6) is 0 Å². The molecule has 0 aliphatic carbocycles. The number of alkyl halides is 3. The van der Waals surface area contributed by atoms with Gasteiger partial charge in [-0.25, -0.2) is 4.79 Å². The van der Waals surface area contributed by atoms with Gasteiger partial charge in [-0.05, 0) is 6.92 Å². The Bertz CT molecular complexity index is 244. The maximum atomic E-state index is 11.6. The Labute approximate surface area is 87.6 Å². The fourth-order valence-electron chi connectivity index (χ4n) is 0.784. The van der Waals surface area contributed by atoms with Gasteiger partial charge in [0.25, 0.3) is 0 Å². The van der Waals surface area contributed by atoms with Gasteiger partial charge in [0, 0.05) is 28.9 Å². The van der Waals surface area contributed by atoms with E-state index in [4.69, 9.17) is 0 Å². The Kier molecular flexibility index (Phi) is 5.63. The van der Waals surface area contributed by atoms with Crippen molar-refractivity contribution < 1.29 is 26.9 Å². The molecule has 1 amide bonds. The summed E-state index contributed by atoms with van der Waals surface area (Å²) in [7, 11) is -1.13. The second-order valence-corrected chi connectivity index (χ2v) is 4.46. The highest BCUT2D eigenvalue weighted by Crippen LogP contribution is 2.14. The Morgan fingerprint density at radius 3 is 2.47 bits per heavy atom. The lowest BCUT2D eigenvalue weighted by atomic mass is 10.4. The van der Waals surface area contributed by atoms with Crippen LogP contribution in [0.2, 0.25) is 0 Å². The van der Waals surface area contributed by atoms with Crippen molar-refractivity contribution in [1.82, 2.24) is 5.32 Å². The molecule has 0 aromatic rings. The normalized spacial score (nSPS) is 15.5. The number of amides is 1. The van der Waals surface area contributed by atoms with Crippen LogP contribution >= 0.6 is 0 Å². The molecule has 0 aromatic heterocycles. The molecule has 0 aliphatic rings. The lowest BCUT2D eigenvalue weighted by Crippen LogP contribution is -2.38. The number of nitrogens with one attached hydrogen (secondary N) is 1. The lowest BCUT2D eigenvalue weighted by Gasteiger charge is -2.13. The summed E-state index contributed by atoms with van der Waals surface area (Å²) in [6.45, 7) is -0.100. The highest BCUT2D eigenvalue weighted by Gasteiger charge is 2.29. The largest absolute Gasteiger partial charge is 0.440 e. The van der Waals surface area contributed by atoms with Crippen molar-refractivity contribution in [3.05, 3.63) is 0 Å². The molecule has 2 unspecified atom stereocenters. The van der Waals surface area contributed by atoms with Crippen LogP contribution < -0.4 is 5.32 Å². The second-order valence-electron chi connectivity index (χ2n) is 2.98. The molecule has 0 saturated heterocycles. The van der Waals surface area contributed by atoms with Gasteiger partial charge in [0.05, 0.1) is 0 Å². The lowest BCUT2D eigenvalue weighted by molar-refractivity contribution is -0.160. The van der Waals surface area contributed by atoms with E-state index in [1.165, 1.54) is 13.2 Å². The van der Waals surface area contributed by atoms with E-state index in [-0.39, 0.29) is 5.75 Å². The average Bonchev–Trinajstić information content (AvgIpc) is 1.97. The summed E-state index contributed by atoms with van der Waals surface area (Å²) >= 11 is 0. The highest BCUT2D eigenvalue weighted by atomic mass is 32.2. The first-order valence-electron chi connectivity index (χ1n) is 4.01. The summed E-state index contributed by atoms with van der Waals surface area (Å²) in [5.41, 5.74) is 0. The molecular weight excluding hydrogens is 235 g/mol. The Morgan fingerprint density at radius 2 is 2.07 bits per heavy atom. The zero-order valence-corrected chi connectivity index (χ0v) is 9.07. The van der Waals surface area contributed by atoms with E-state index >= 15 is 0 Å². The van der Waals surface area contributed by atoms with Crippen LogP contribution in [0.1, 0.15) is 6.92 Å². The molecule has 0 aliphatic heterocycles. The smallest absolute Gasteiger partial charge is 0.422 e. The summed E-state index contributed by atoms with van der Waals surface area (Å²) < 4.78 is 49.4. The van der Waals surface area contributed by atoms with E-state index < -0.39 is 35.7 Å². The summed E-state index contributed by atoms with van der Waals surface area (Å²) in [5.74, 6) is 0.168. The van der Waals surface area contributed by atoms with E-state index in [9.17, 15) is 22.2 Å². The number of carbonyl (C=O) groups excluding carboxylic acids is 1. The fourth-order valence-corrected chi connectivity index (χ4v) is 1.57. The van der Waals surface area contributed by atoms with Crippen molar-refractivity contribution in [3.63, 3.8) is 0 Å². The van der Waals surface area contributed by atoms with Crippen LogP contribution in [0.25, 0.3) is 0 Å². The van der Waals surface area contributed by atoms with Crippen molar-refractivity contribution in [2.45, 2.75) is 19.1 Å². The van der Waals surface area contributed by atoms with Gasteiger partial charge in [-0.3, -0.25) is 4.21 Å². The molecule has 0 bridgehead atoms. The van der Waals surface area contributed by atoms with E-state index in [0.29, 0.717) is 0 Å². The highest BCUT2D eigenvalue weighted by molar-refractivity contribution is 7.84. The third-order valence-electron chi connectivity index (χ3n) is 1.22. The van der Waals surface area contributed by atoms with E-state index in [2.05, 4.69) is 10.1 Å². The minimum Gasteiger partial charge on any atom is -0.440 e. The van der Waals surface area contributed by atoms with Crippen LogP contribution in [0.3, 0.4) is 0 Å². The predicted molar refractivity (Wildman–Crippen MR) is 48.9 cm³/mol. The zero-order chi connectivity index (χ0) is 12.1. The van der Waals surface area contributed by atoms with E-state index in [0.717, 1.165) is 0 Å². The Hall–Kier alpha value is -0.790. The molecule has 0 heterocycles. The van der Waals surface area contributed by atoms with Crippen LogP contribution in [0, 0.1) is 0 Å². The maximum absolute atomic E-state index is 11.6. The third-order valence-corrected chi connectivity index (χ3v) is 2.19. The summed E-state index contributed by atoms with van der Waals surface area (Å²) in [5, 5.41) is 2.13. The molecule has 90 valence electrons. The van der Waals surface area contributed by atoms with Gasteiger partial charge in [-0.2, -0.15) is 13.2 Å². The third kappa shape index (κ3) is 9.51. The first-order chi connectivity index (χ1) is 6.70. The molecule has 0 aromatic carbocycles. The number of halogens is 3. The molecule has 0 rings (SSSR count). The van der Waals surface area contributed by atoms with Crippen molar-refractivity contribution >= 4 is 16.9 Å². The van der Waals surface area contributed by atoms with Gasteiger partial charge in [0.15, 0.2) is 6.61 Å². The molecule has 1 N–H and O–H groups in total. The Morgan fingerprint density at radius 1 is 1.53 bits per heavy atom. The molecule has 0 radical (unpaired) electrons. The topological polar surface area (TPSA) is 55.4 Å². The predicted octanol–water partition coefficient (Wildman–Crippen LogP) is 1.04. The average molecular weight is 247 g/mol. The van der Waals surface area contributed by atoms with E-state index in [1.54, 1.807) is 0 Å². The van der Waals surface area contributed by atoms with Crippen LogP contribution in [-0.2, 0) is 15.5 Å². The molecule has 0 fully saturated rings. The first kappa shape index (κ1) is 14.2. The maximum Gasteiger partial charge on any atom is 0.422 e. The second kappa shape index (κ2) is 5.94. The minimum atomic E-state index is -4.53. The molecule has 15 heavy (non-hydrogen) atoms. The quantitative estimate of drug-likeness (QED) is 0.807. The van der Waals surface area contributed by atoms with Crippen LogP contribution in [-0.4, -0.2) is 41.1 Å². The number of alkyl carbamates (subject to hydrolysis) is 1. The van der Waals surface area contributed by atoms with Crippen LogP contribution in [0.15, 0.2) is 0 Å². The van der Waals surface area contributed by atoms with Crippen LogP contribution in [0.4, 0.5) is 18.0 Å². The molecule has 2 atom stereocenters. The summed E-state index contributed by atoms with van der Waals surface area (Å²) in [4.78, 5) is 10.7.